The highest BCUT2D eigenvalue weighted by Gasteiger charge is 2.56. The van der Waals surface area contributed by atoms with E-state index in [1.165, 1.54) is 0 Å². The zero-order chi connectivity index (χ0) is 10.3. The lowest BCUT2D eigenvalue weighted by Gasteiger charge is -2.19. The molecule has 80 valence electrons. The molecule has 0 aromatic rings. The summed E-state index contributed by atoms with van der Waals surface area (Å²) in [6.45, 7) is 7.83. The van der Waals surface area contributed by atoms with Gasteiger partial charge in [0.1, 0.15) is 5.60 Å². The molecule has 1 aliphatic carbocycles. The minimum Gasteiger partial charge on any atom is -0.460 e. The number of ether oxygens (including phenoxy) is 1. The second-order valence-electron chi connectivity index (χ2n) is 5.38. The van der Waals surface area contributed by atoms with Crippen LogP contribution >= 0.6 is 0 Å². The molecule has 2 aliphatic rings. The van der Waals surface area contributed by atoms with Crippen molar-refractivity contribution in [1.29, 1.82) is 0 Å². The smallest absolute Gasteiger partial charge is 0.310 e. The number of hydrogen-bond donors (Lipinski definition) is 1. The number of nitrogens with one attached hydrogen (secondary N) is 1. The third-order valence-corrected chi connectivity index (χ3v) is 3.05. The van der Waals surface area contributed by atoms with E-state index in [2.05, 4.69) is 5.32 Å². The molecule has 1 heterocycles. The van der Waals surface area contributed by atoms with Crippen LogP contribution in [-0.2, 0) is 9.53 Å². The van der Waals surface area contributed by atoms with Crippen molar-refractivity contribution in [2.45, 2.75) is 32.8 Å². The predicted molar refractivity (Wildman–Crippen MR) is 53.8 cm³/mol. The second kappa shape index (κ2) is 3.23. The van der Waals surface area contributed by atoms with E-state index in [9.17, 15) is 4.79 Å². The summed E-state index contributed by atoms with van der Waals surface area (Å²) in [4.78, 5) is 11.7. The monoisotopic (exact) mass is 197 g/mol. The molecule has 1 saturated carbocycles. The lowest BCUT2D eigenvalue weighted by molar-refractivity contribution is -0.157. The summed E-state index contributed by atoms with van der Waals surface area (Å²) in [6.07, 6.45) is 1.13. The van der Waals surface area contributed by atoms with E-state index in [0.717, 1.165) is 19.5 Å². The van der Waals surface area contributed by atoms with E-state index in [1.807, 2.05) is 20.8 Å². The van der Waals surface area contributed by atoms with Crippen LogP contribution in [0.25, 0.3) is 0 Å². The largest absolute Gasteiger partial charge is 0.460 e. The molecule has 0 spiro atoms. The number of carbonyl (C=O) groups is 1. The van der Waals surface area contributed by atoms with Crippen molar-refractivity contribution in [3.8, 4) is 0 Å². The second-order valence-corrected chi connectivity index (χ2v) is 5.38. The summed E-state index contributed by atoms with van der Waals surface area (Å²) in [5.41, 5.74) is -0.337. The molecule has 0 aromatic heterocycles. The van der Waals surface area contributed by atoms with E-state index in [4.69, 9.17) is 4.74 Å². The van der Waals surface area contributed by atoms with Gasteiger partial charge in [0.2, 0.25) is 0 Å². The number of rotatable bonds is 1. The molecule has 1 aliphatic heterocycles. The summed E-state index contributed by atoms with van der Waals surface area (Å²) in [7, 11) is 0. The summed E-state index contributed by atoms with van der Waals surface area (Å²) in [5.74, 6) is 1.35. The van der Waals surface area contributed by atoms with Crippen molar-refractivity contribution in [3.05, 3.63) is 0 Å². The van der Waals surface area contributed by atoms with Gasteiger partial charge in [-0.05, 0) is 52.1 Å². The lowest BCUT2D eigenvalue weighted by Crippen LogP contribution is -2.26. The fraction of sp³-hybridized carbons (Fsp3) is 0.909. The molecule has 0 amide bonds. The molecule has 14 heavy (non-hydrogen) atoms. The van der Waals surface area contributed by atoms with Crippen LogP contribution in [-0.4, -0.2) is 24.7 Å². The van der Waals surface area contributed by atoms with Crippen LogP contribution < -0.4 is 5.32 Å². The molecule has 2 rings (SSSR count). The minimum absolute atomic E-state index is 0.0104. The van der Waals surface area contributed by atoms with Gasteiger partial charge in [-0.15, -0.1) is 0 Å². The highest BCUT2D eigenvalue weighted by Crippen LogP contribution is 2.50. The number of carbonyl (C=O) groups excluding carboxylic acids is 1. The molecule has 3 atom stereocenters. The topological polar surface area (TPSA) is 38.3 Å². The van der Waals surface area contributed by atoms with Crippen molar-refractivity contribution in [3.63, 3.8) is 0 Å². The first kappa shape index (κ1) is 9.97. The average Bonchev–Trinajstić information content (AvgIpc) is 2.73. The van der Waals surface area contributed by atoms with Crippen molar-refractivity contribution in [2.75, 3.05) is 13.1 Å². The van der Waals surface area contributed by atoms with Gasteiger partial charge in [0.25, 0.3) is 0 Å². The molecule has 0 aromatic carbocycles. The Morgan fingerprint density at radius 2 is 2.07 bits per heavy atom. The number of hydrogen-bond acceptors (Lipinski definition) is 3. The maximum Gasteiger partial charge on any atom is 0.310 e. The maximum absolute atomic E-state index is 11.7. The molecular formula is C11H19NO2. The summed E-state index contributed by atoms with van der Waals surface area (Å²) in [6, 6.07) is 0. The molecule has 2 fully saturated rings. The fourth-order valence-electron chi connectivity index (χ4n) is 2.37. The lowest BCUT2D eigenvalue weighted by atomic mass is 10.2. The first-order valence-corrected chi connectivity index (χ1v) is 5.42. The van der Waals surface area contributed by atoms with Crippen molar-refractivity contribution >= 4 is 5.97 Å². The van der Waals surface area contributed by atoms with Crippen molar-refractivity contribution in [1.82, 2.24) is 5.32 Å². The van der Waals surface area contributed by atoms with Gasteiger partial charge >= 0.3 is 5.97 Å². The summed E-state index contributed by atoms with van der Waals surface area (Å²) in [5, 5.41) is 3.32. The Hall–Kier alpha value is -0.570. The van der Waals surface area contributed by atoms with Gasteiger partial charge < -0.3 is 10.1 Å². The SMILES string of the molecule is CC(C)(C)OC(=O)C1[C@H]2CNCC[C@@H]12. The molecule has 0 bridgehead atoms. The Balaban J connectivity index is 1.88. The van der Waals surface area contributed by atoms with Crippen LogP contribution in [0.4, 0.5) is 0 Å². The van der Waals surface area contributed by atoms with E-state index in [0.29, 0.717) is 11.8 Å². The van der Waals surface area contributed by atoms with E-state index >= 15 is 0 Å². The summed E-state index contributed by atoms with van der Waals surface area (Å²) >= 11 is 0. The van der Waals surface area contributed by atoms with Gasteiger partial charge in [-0.2, -0.15) is 0 Å². The van der Waals surface area contributed by atoms with Gasteiger partial charge in [-0.1, -0.05) is 0 Å². The molecular weight excluding hydrogens is 178 g/mol. The van der Waals surface area contributed by atoms with E-state index in [1.54, 1.807) is 0 Å². The van der Waals surface area contributed by atoms with Crippen molar-refractivity contribution in [2.24, 2.45) is 17.8 Å². The predicted octanol–water partition coefficient (Wildman–Crippen LogP) is 1.18. The normalized spacial score (nSPS) is 36.1. The minimum atomic E-state index is -0.337. The summed E-state index contributed by atoms with van der Waals surface area (Å²) < 4.78 is 5.39. The van der Waals surface area contributed by atoms with E-state index in [-0.39, 0.29) is 17.5 Å². The van der Waals surface area contributed by atoms with Gasteiger partial charge in [-0.25, -0.2) is 0 Å². The van der Waals surface area contributed by atoms with Gasteiger partial charge in [-0.3, -0.25) is 4.79 Å². The van der Waals surface area contributed by atoms with Crippen LogP contribution in [0.1, 0.15) is 27.2 Å². The van der Waals surface area contributed by atoms with Gasteiger partial charge in [0, 0.05) is 0 Å². The van der Waals surface area contributed by atoms with Crippen LogP contribution in [0.3, 0.4) is 0 Å². The van der Waals surface area contributed by atoms with Crippen LogP contribution in [0.15, 0.2) is 0 Å². The third-order valence-electron chi connectivity index (χ3n) is 3.05. The number of piperidine rings is 1. The van der Waals surface area contributed by atoms with E-state index < -0.39 is 0 Å². The Kier molecular flexibility index (Phi) is 2.30. The van der Waals surface area contributed by atoms with Gasteiger partial charge in [0.05, 0.1) is 5.92 Å². The fourth-order valence-corrected chi connectivity index (χ4v) is 2.37. The molecule has 3 nitrogen and oxygen atoms in total. The van der Waals surface area contributed by atoms with Gasteiger partial charge in [0.15, 0.2) is 0 Å². The average molecular weight is 197 g/mol. The zero-order valence-corrected chi connectivity index (χ0v) is 9.17. The van der Waals surface area contributed by atoms with Crippen LogP contribution in [0.5, 0.6) is 0 Å². The Morgan fingerprint density at radius 1 is 1.36 bits per heavy atom. The third kappa shape index (κ3) is 1.92. The molecule has 1 N–H and O–H groups in total. The number of esters is 1. The Labute approximate surface area is 85.2 Å². The first-order valence-electron chi connectivity index (χ1n) is 5.42. The van der Waals surface area contributed by atoms with Crippen LogP contribution in [0.2, 0.25) is 0 Å². The highest BCUT2D eigenvalue weighted by molar-refractivity contribution is 5.77. The first-order chi connectivity index (χ1) is 6.49. The highest BCUT2D eigenvalue weighted by atomic mass is 16.6. The van der Waals surface area contributed by atoms with Crippen LogP contribution in [0, 0.1) is 17.8 Å². The molecule has 1 unspecified atom stereocenters. The Morgan fingerprint density at radius 3 is 2.57 bits per heavy atom. The molecule has 0 radical (unpaired) electrons. The zero-order valence-electron chi connectivity index (χ0n) is 9.17. The molecule has 3 heteroatoms. The maximum atomic E-state index is 11.7. The standard InChI is InChI=1S/C11H19NO2/c1-11(2,3)14-10(13)9-7-4-5-12-6-8(7)9/h7-9,12H,4-6H2,1-3H3/t7-,8+,9?/m1/s1. The number of fused-ring (bicyclic) bond motifs is 1. The Bertz CT molecular complexity index is 232. The molecule has 1 saturated heterocycles. The quantitative estimate of drug-likeness (QED) is 0.642. The van der Waals surface area contributed by atoms with Crippen molar-refractivity contribution < 1.29 is 9.53 Å².